The van der Waals surface area contributed by atoms with E-state index in [1.165, 1.54) is 36.8 Å². The summed E-state index contributed by atoms with van der Waals surface area (Å²) in [4.78, 5) is 3.91. The van der Waals surface area contributed by atoms with Crippen molar-refractivity contribution in [3.8, 4) is 0 Å². The van der Waals surface area contributed by atoms with Crippen LogP contribution in [0.25, 0.3) is 10.9 Å². The molecule has 6 nitrogen and oxygen atoms in total. The predicted molar refractivity (Wildman–Crippen MR) is 116 cm³/mol. The average molecular weight is 463 g/mol. The molecule has 0 radical (unpaired) electrons. The van der Waals surface area contributed by atoms with Crippen LogP contribution in [0, 0.1) is 11.6 Å². The molecule has 4 aromatic rings. The zero-order chi connectivity index (χ0) is 22.2. The minimum absolute atomic E-state index is 0.0241. The van der Waals surface area contributed by atoms with Gasteiger partial charge in [0.1, 0.15) is 10.6 Å². The summed E-state index contributed by atoms with van der Waals surface area (Å²) >= 11 is 5.68. The van der Waals surface area contributed by atoms with E-state index in [9.17, 15) is 17.2 Å². The Morgan fingerprint density at radius 2 is 1.87 bits per heavy atom. The number of aromatic nitrogens is 2. The third-order valence-corrected chi connectivity index (χ3v) is 6.56. The van der Waals surface area contributed by atoms with Crippen LogP contribution in [0.5, 0.6) is 0 Å². The molecule has 2 aromatic heterocycles. The number of nitrogens with zero attached hydrogens (tertiary/aromatic N) is 2. The van der Waals surface area contributed by atoms with Crippen LogP contribution in [0.4, 0.5) is 20.2 Å². The number of hydrogen-bond donors (Lipinski definition) is 2. The number of nitrogens with one attached hydrogen (secondary N) is 2. The first kappa shape index (κ1) is 21.2. The van der Waals surface area contributed by atoms with E-state index < -0.39 is 21.7 Å². The van der Waals surface area contributed by atoms with Gasteiger partial charge in [0.25, 0.3) is 10.0 Å². The normalized spacial score (nSPS) is 11.7. The molecule has 0 aliphatic heterocycles. The third kappa shape index (κ3) is 3.99. The molecule has 31 heavy (non-hydrogen) atoms. The Kier molecular flexibility index (Phi) is 5.65. The summed E-state index contributed by atoms with van der Waals surface area (Å²) in [6, 6.07) is 9.81. The number of fused-ring (bicyclic) bond motifs is 1. The molecule has 0 amide bonds. The number of hydrogen-bond acceptors (Lipinski definition) is 5. The van der Waals surface area contributed by atoms with E-state index in [-0.39, 0.29) is 15.6 Å². The molecule has 0 saturated carbocycles. The molecule has 2 aromatic carbocycles. The predicted octanol–water partition coefficient (Wildman–Crippen LogP) is 4.67. The van der Waals surface area contributed by atoms with Crippen LogP contribution < -0.4 is 10.6 Å². The van der Waals surface area contributed by atoms with Gasteiger partial charge >= 0.3 is 0 Å². The molecule has 0 atom stereocenters. The molecule has 0 bridgehead atoms. The summed E-state index contributed by atoms with van der Waals surface area (Å²) in [7, 11) is -2.19. The van der Waals surface area contributed by atoms with E-state index in [1.807, 2.05) is 0 Å². The van der Waals surface area contributed by atoms with E-state index in [4.69, 9.17) is 11.6 Å². The summed E-state index contributed by atoms with van der Waals surface area (Å²) in [6.07, 6.45) is 4.27. The summed E-state index contributed by atoms with van der Waals surface area (Å²) < 4.78 is 56.0. The standard InChI is InChI=1S/C21H17ClF2N4O2S/c1-25-10-13-12-28(31(29,30)16-3-2-6-26-11-16)20-9-15(4-5-17(13)20)27-21-18(23)7-14(22)8-19(21)24/h2-9,11-12,25,27H,10H2,1H3. The van der Waals surface area contributed by atoms with E-state index in [0.29, 0.717) is 23.1 Å². The van der Waals surface area contributed by atoms with E-state index in [0.717, 1.165) is 21.7 Å². The van der Waals surface area contributed by atoms with Crippen LogP contribution in [-0.4, -0.2) is 24.4 Å². The van der Waals surface area contributed by atoms with E-state index in [1.54, 1.807) is 19.2 Å². The van der Waals surface area contributed by atoms with Gasteiger partial charge in [0.15, 0.2) is 11.6 Å². The van der Waals surface area contributed by atoms with Gasteiger partial charge in [-0.05, 0) is 49.0 Å². The van der Waals surface area contributed by atoms with Crippen molar-refractivity contribution < 1.29 is 17.2 Å². The molecule has 0 unspecified atom stereocenters. The van der Waals surface area contributed by atoms with Gasteiger partial charge in [-0.15, -0.1) is 0 Å². The summed E-state index contributed by atoms with van der Waals surface area (Å²) in [5, 5.41) is 6.30. The molecule has 0 aliphatic carbocycles. The lowest BCUT2D eigenvalue weighted by Gasteiger charge is -2.11. The lowest BCUT2D eigenvalue weighted by atomic mass is 10.1. The molecule has 0 fully saturated rings. The first-order chi connectivity index (χ1) is 14.8. The largest absolute Gasteiger partial charge is 0.351 e. The van der Waals surface area contributed by atoms with Gasteiger partial charge in [-0.1, -0.05) is 17.7 Å². The maximum Gasteiger partial charge on any atom is 0.269 e. The lowest BCUT2D eigenvalue weighted by molar-refractivity contribution is 0.588. The third-order valence-electron chi connectivity index (χ3n) is 4.69. The van der Waals surface area contributed by atoms with Crippen molar-refractivity contribution in [2.75, 3.05) is 12.4 Å². The topological polar surface area (TPSA) is 76.0 Å². The first-order valence-electron chi connectivity index (χ1n) is 9.17. The van der Waals surface area contributed by atoms with Crippen LogP contribution in [0.15, 0.2) is 66.0 Å². The second-order valence-corrected chi connectivity index (χ2v) is 9.03. The fourth-order valence-corrected chi connectivity index (χ4v) is 4.83. The van der Waals surface area contributed by atoms with Gasteiger partial charge < -0.3 is 10.6 Å². The van der Waals surface area contributed by atoms with Crippen molar-refractivity contribution in [2.45, 2.75) is 11.4 Å². The van der Waals surface area contributed by atoms with Crippen LogP contribution in [0.2, 0.25) is 5.02 Å². The van der Waals surface area contributed by atoms with E-state index in [2.05, 4.69) is 15.6 Å². The minimum Gasteiger partial charge on any atom is -0.351 e. The first-order valence-corrected chi connectivity index (χ1v) is 11.0. The molecule has 4 rings (SSSR count). The SMILES string of the molecule is CNCc1cn(S(=O)(=O)c2cccnc2)c2cc(Nc3c(F)cc(Cl)cc3F)ccc12. The Morgan fingerprint density at radius 3 is 2.52 bits per heavy atom. The van der Waals surface area contributed by atoms with Gasteiger partial charge in [-0.3, -0.25) is 4.98 Å². The Labute approximate surface area is 182 Å². The molecule has 160 valence electrons. The molecule has 2 heterocycles. The second-order valence-electron chi connectivity index (χ2n) is 6.78. The fraction of sp³-hybridized carbons (Fsp3) is 0.0952. The Hall–Kier alpha value is -3.01. The van der Waals surface area contributed by atoms with Gasteiger partial charge in [0.2, 0.25) is 0 Å². The Bertz CT molecular complexity index is 1350. The fourth-order valence-electron chi connectivity index (χ4n) is 3.29. The van der Waals surface area contributed by atoms with Crippen LogP contribution in [0.1, 0.15) is 5.56 Å². The molecule has 2 N–H and O–H groups in total. The Balaban J connectivity index is 1.86. The van der Waals surface area contributed by atoms with Crippen molar-refractivity contribution in [3.63, 3.8) is 0 Å². The number of halogens is 3. The summed E-state index contributed by atoms with van der Waals surface area (Å²) in [6.45, 7) is 0.430. The smallest absolute Gasteiger partial charge is 0.269 e. The average Bonchev–Trinajstić information content (AvgIpc) is 3.10. The molecule has 0 saturated heterocycles. The molecule has 0 aliphatic rings. The van der Waals surface area contributed by atoms with Crippen molar-refractivity contribution >= 4 is 43.9 Å². The highest BCUT2D eigenvalue weighted by Crippen LogP contribution is 2.31. The van der Waals surface area contributed by atoms with Crippen molar-refractivity contribution in [3.05, 3.63) is 83.3 Å². The van der Waals surface area contributed by atoms with E-state index >= 15 is 0 Å². The molecule has 10 heteroatoms. The van der Waals surface area contributed by atoms with Gasteiger partial charge in [-0.2, -0.15) is 0 Å². The zero-order valence-electron chi connectivity index (χ0n) is 16.2. The summed E-state index contributed by atoms with van der Waals surface area (Å²) in [5.41, 5.74) is 1.03. The van der Waals surface area contributed by atoms with Crippen molar-refractivity contribution in [2.24, 2.45) is 0 Å². The number of benzene rings is 2. The molecule has 0 spiro atoms. The second kappa shape index (κ2) is 8.26. The number of rotatable bonds is 6. The maximum absolute atomic E-state index is 14.2. The van der Waals surface area contributed by atoms with Crippen LogP contribution in [0.3, 0.4) is 0 Å². The highest BCUT2D eigenvalue weighted by Gasteiger charge is 2.22. The van der Waals surface area contributed by atoms with Crippen molar-refractivity contribution in [1.29, 1.82) is 0 Å². The monoisotopic (exact) mass is 462 g/mol. The maximum atomic E-state index is 14.2. The highest BCUT2D eigenvalue weighted by atomic mass is 35.5. The van der Waals surface area contributed by atoms with Crippen LogP contribution >= 0.6 is 11.6 Å². The lowest BCUT2D eigenvalue weighted by Crippen LogP contribution is -2.12. The summed E-state index contributed by atoms with van der Waals surface area (Å²) in [5.74, 6) is -1.72. The Morgan fingerprint density at radius 1 is 1.13 bits per heavy atom. The number of anilines is 2. The zero-order valence-corrected chi connectivity index (χ0v) is 17.8. The van der Waals surface area contributed by atoms with Crippen LogP contribution in [-0.2, 0) is 16.6 Å². The van der Waals surface area contributed by atoms with Gasteiger partial charge in [0.05, 0.1) is 5.52 Å². The minimum atomic E-state index is -3.94. The highest BCUT2D eigenvalue weighted by molar-refractivity contribution is 7.90. The number of pyridine rings is 1. The molecular weight excluding hydrogens is 446 g/mol. The van der Waals surface area contributed by atoms with Gasteiger partial charge in [0, 0.05) is 41.2 Å². The van der Waals surface area contributed by atoms with Crippen molar-refractivity contribution in [1.82, 2.24) is 14.3 Å². The quantitative estimate of drug-likeness (QED) is 0.435. The molecular formula is C21H17ClF2N4O2S. The van der Waals surface area contributed by atoms with Gasteiger partial charge in [-0.25, -0.2) is 21.2 Å².